The Balaban J connectivity index is 1.60. The van der Waals surface area contributed by atoms with E-state index in [2.05, 4.69) is 21.5 Å². The van der Waals surface area contributed by atoms with Crippen molar-refractivity contribution in [1.82, 2.24) is 14.8 Å². The van der Waals surface area contributed by atoms with Gasteiger partial charge in [-0.15, -0.1) is 0 Å². The van der Waals surface area contributed by atoms with Gasteiger partial charge in [-0.3, -0.25) is 9.48 Å². The summed E-state index contributed by atoms with van der Waals surface area (Å²) in [5, 5.41) is 27.5. The van der Waals surface area contributed by atoms with E-state index in [1.54, 1.807) is 29.1 Å². The molecule has 3 aromatic rings. The van der Waals surface area contributed by atoms with Gasteiger partial charge in [-0.2, -0.15) is 10.4 Å². The fourth-order valence-electron chi connectivity index (χ4n) is 4.16. The van der Waals surface area contributed by atoms with Crippen molar-refractivity contribution in [2.24, 2.45) is 5.92 Å². The number of fused-ring (bicyclic) bond motifs is 2. The second-order valence-electron chi connectivity index (χ2n) is 7.80. The van der Waals surface area contributed by atoms with Crippen LogP contribution in [0.5, 0.6) is 0 Å². The van der Waals surface area contributed by atoms with E-state index in [0.717, 1.165) is 12.8 Å². The van der Waals surface area contributed by atoms with Crippen molar-refractivity contribution in [3.05, 3.63) is 46.4 Å². The lowest BCUT2D eigenvalue weighted by Crippen LogP contribution is -2.13. The topological polar surface area (TPSA) is 141 Å². The molecule has 1 saturated carbocycles. The maximum absolute atomic E-state index is 12.6. The number of anilines is 2. The molecular formula is C20H19N5O4S. The quantitative estimate of drug-likeness (QED) is 0.569. The Kier molecular flexibility index (Phi) is 4.20. The van der Waals surface area contributed by atoms with Gasteiger partial charge >= 0.3 is 0 Å². The molecule has 10 heteroatoms. The van der Waals surface area contributed by atoms with Crippen molar-refractivity contribution in [3.63, 3.8) is 0 Å². The van der Waals surface area contributed by atoms with Crippen LogP contribution in [0.3, 0.4) is 0 Å². The Morgan fingerprint density at radius 3 is 2.90 bits per heavy atom. The molecule has 2 aromatic heterocycles. The Bertz CT molecular complexity index is 1360. The summed E-state index contributed by atoms with van der Waals surface area (Å²) in [6.45, 7) is 0. The number of aromatic nitrogens is 3. The predicted octanol–water partition coefficient (Wildman–Crippen LogP) is 2.15. The number of aliphatic hydroxyl groups excluding tert-OH is 1. The number of rotatable bonds is 5. The summed E-state index contributed by atoms with van der Waals surface area (Å²) in [5.74, 6) is 0.353. The number of H-pyrrole nitrogens is 1. The first kappa shape index (κ1) is 18.8. The number of nitrogens with zero attached hydrogens (tertiary/aromatic N) is 3. The van der Waals surface area contributed by atoms with Crippen molar-refractivity contribution >= 4 is 32.2 Å². The molecule has 1 aliphatic carbocycles. The van der Waals surface area contributed by atoms with Gasteiger partial charge in [-0.05, 0) is 43.0 Å². The molecule has 3 heterocycles. The molecule has 2 aliphatic rings. The lowest BCUT2D eigenvalue weighted by molar-refractivity contribution is 0.204. The highest BCUT2D eigenvalue weighted by molar-refractivity contribution is 7.91. The van der Waals surface area contributed by atoms with Crippen LogP contribution >= 0.6 is 0 Å². The second kappa shape index (κ2) is 6.68. The first-order chi connectivity index (χ1) is 14.4. The van der Waals surface area contributed by atoms with Gasteiger partial charge in [0, 0.05) is 17.4 Å². The van der Waals surface area contributed by atoms with Gasteiger partial charge in [0.1, 0.15) is 5.39 Å². The van der Waals surface area contributed by atoms with E-state index in [1.807, 2.05) is 0 Å². The molecule has 5 rings (SSSR count). The number of nitriles is 1. The Morgan fingerprint density at radius 1 is 1.37 bits per heavy atom. The standard InChI is InChI=1S/C20H19N5O4S/c21-7-5-14(11-1-2-11)25-15-6-8-22-20(27)18(15)19(24-25)23-12-3-4-17-13(9-12)16(26)10-30(17,28)29/h3-4,6,8-9,11,14,16,26H,1-2,5,10H2,(H,22,27)(H,23,24)/t14-,16+/m0/s1. The molecule has 3 N–H and O–H groups in total. The Hall–Kier alpha value is -3.16. The maximum atomic E-state index is 12.6. The first-order valence-electron chi connectivity index (χ1n) is 9.67. The predicted molar refractivity (Wildman–Crippen MR) is 109 cm³/mol. The smallest absolute Gasteiger partial charge is 0.261 e. The molecular weight excluding hydrogens is 406 g/mol. The van der Waals surface area contributed by atoms with Crippen molar-refractivity contribution in [2.75, 3.05) is 11.1 Å². The van der Waals surface area contributed by atoms with Gasteiger partial charge < -0.3 is 15.4 Å². The van der Waals surface area contributed by atoms with Gasteiger partial charge in [-0.1, -0.05) is 0 Å². The summed E-state index contributed by atoms with van der Waals surface area (Å²) in [7, 11) is -3.48. The van der Waals surface area contributed by atoms with Gasteiger partial charge in [-0.25, -0.2) is 8.42 Å². The zero-order valence-corrected chi connectivity index (χ0v) is 16.7. The molecule has 2 atom stereocenters. The molecule has 1 aromatic carbocycles. The largest absolute Gasteiger partial charge is 0.387 e. The molecule has 0 saturated heterocycles. The number of pyridine rings is 1. The van der Waals surface area contributed by atoms with Gasteiger partial charge in [0.2, 0.25) is 0 Å². The molecule has 1 fully saturated rings. The van der Waals surface area contributed by atoms with Gasteiger partial charge in [0.15, 0.2) is 15.7 Å². The van der Waals surface area contributed by atoms with Crippen molar-refractivity contribution in [2.45, 2.75) is 36.3 Å². The van der Waals surface area contributed by atoms with Crippen molar-refractivity contribution in [3.8, 4) is 6.07 Å². The van der Waals surface area contributed by atoms with Crippen LogP contribution in [-0.4, -0.2) is 34.0 Å². The maximum Gasteiger partial charge on any atom is 0.261 e. The molecule has 0 radical (unpaired) electrons. The minimum absolute atomic E-state index is 0.109. The highest BCUT2D eigenvalue weighted by atomic mass is 32.2. The molecule has 0 bridgehead atoms. The van der Waals surface area contributed by atoms with E-state index in [4.69, 9.17) is 0 Å². The lowest BCUT2D eigenvalue weighted by atomic mass is 10.1. The summed E-state index contributed by atoms with van der Waals surface area (Å²) in [4.78, 5) is 15.3. The van der Waals surface area contributed by atoms with Crippen LogP contribution in [-0.2, 0) is 9.84 Å². The van der Waals surface area contributed by atoms with E-state index in [0.29, 0.717) is 40.3 Å². The fraction of sp³-hybridized carbons (Fsp3) is 0.350. The normalized spacial score (nSPS) is 20.6. The van der Waals surface area contributed by atoms with Crippen molar-refractivity contribution < 1.29 is 13.5 Å². The number of sulfone groups is 1. The third-order valence-corrected chi connectivity index (χ3v) is 7.55. The van der Waals surface area contributed by atoms with E-state index in [1.165, 1.54) is 6.07 Å². The van der Waals surface area contributed by atoms with Crippen molar-refractivity contribution in [1.29, 1.82) is 5.26 Å². The lowest BCUT2D eigenvalue weighted by Gasteiger charge is -2.14. The number of aliphatic hydroxyl groups is 1. The summed E-state index contributed by atoms with van der Waals surface area (Å²) >= 11 is 0. The van der Waals surface area contributed by atoms with Gasteiger partial charge in [0.25, 0.3) is 5.56 Å². The number of benzene rings is 1. The molecule has 0 spiro atoms. The minimum atomic E-state index is -3.48. The number of hydrogen-bond acceptors (Lipinski definition) is 7. The zero-order valence-electron chi connectivity index (χ0n) is 15.9. The van der Waals surface area contributed by atoms with E-state index in [9.17, 15) is 23.6 Å². The molecule has 0 unspecified atom stereocenters. The van der Waals surface area contributed by atoms with Crippen LogP contribution in [0.25, 0.3) is 10.9 Å². The van der Waals surface area contributed by atoms with Crippen LogP contribution in [0.4, 0.5) is 11.5 Å². The average Bonchev–Trinajstić information content (AvgIpc) is 3.43. The highest BCUT2D eigenvalue weighted by Crippen LogP contribution is 2.43. The van der Waals surface area contributed by atoms with Crippen LogP contribution < -0.4 is 10.9 Å². The monoisotopic (exact) mass is 425 g/mol. The van der Waals surface area contributed by atoms with E-state index in [-0.39, 0.29) is 22.2 Å². The third-order valence-electron chi connectivity index (χ3n) is 5.75. The van der Waals surface area contributed by atoms with Crippen LogP contribution in [0.15, 0.2) is 40.2 Å². The average molecular weight is 425 g/mol. The fourth-order valence-corrected chi connectivity index (χ4v) is 5.77. The van der Waals surface area contributed by atoms with E-state index >= 15 is 0 Å². The molecule has 0 amide bonds. The Labute approximate surface area is 171 Å². The summed E-state index contributed by atoms with van der Waals surface area (Å²) in [6.07, 6.45) is 2.82. The minimum Gasteiger partial charge on any atom is -0.387 e. The Morgan fingerprint density at radius 2 is 2.17 bits per heavy atom. The molecule has 1 aliphatic heterocycles. The number of nitrogens with one attached hydrogen (secondary N) is 2. The third kappa shape index (κ3) is 2.98. The number of aromatic amines is 1. The summed E-state index contributed by atoms with van der Waals surface area (Å²) in [6, 6.07) is 8.48. The van der Waals surface area contributed by atoms with Crippen LogP contribution in [0.1, 0.15) is 37.0 Å². The zero-order chi connectivity index (χ0) is 21.0. The number of hydrogen-bond donors (Lipinski definition) is 3. The molecule has 9 nitrogen and oxygen atoms in total. The molecule has 154 valence electrons. The summed E-state index contributed by atoms with van der Waals surface area (Å²) in [5.41, 5.74) is 1.18. The van der Waals surface area contributed by atoms with Crippen LogP contribution in [0, 0.1) is 17.2 Å². The van der Waals surface area contributed by atoms with E-state index < -0.39 is 15.9 Å². The highest BCUT2D eigenvalue weighted by Gasteiger charge is 2.35. The summed E-state index contributed by atoms with van der Waals surface area (Å²) < 4.78 is 25.9. The van der Waals surface area contributed by atoms with Crippen LogP contribution in [0.2, 0.25) is 0 Å². The van der Waals surface area contributed by atoms with Gasteiger partial charge in [0.05, 0.1) is 40.8 Å². The molecule has 30 heavy (non-hydrogen) atoms. The SMILES string of the molecule is N#CC[C@@H](C1CC1)n1nc(Nc2ccc3c(c2)[C@H](O)CS3(=O)=O)c2c(=O)[nH]ccc21. The second-order valence-corrected chi connectivity index (χ2v) is 9.80. The first-order valence-corrected chi connectivity index (χ1v) is 11.3.